The zero-order valence-corrected chi connectivity index (χ0v) is 11.8. The SMILES string of the molecule is NCCNC(=O)OCc1cccc2c1Cc1ccccc1-2. The van der Waals surface area contributed by atoms with Gasteiger partial charge in [-0.1, -0.05) is 42.5 Å². The first-order valence-electron chi connectivity index (χ1n) is 7.09. The third-order valence-corrected chi connectivity index (χ3v) is 3.72. The summed E-state index contributed by atoms with van der Waals surface area (Å²) in [6.07, 6.45) is 0.476. The Morgan fingerprint density at radius 3 is 2.81 bits per heavy atom. The maximum Gasteiger partial charge on any atom is 0.407 e. The van der Waals surface area contributed by atoms with E-state index in [9.17, 15) is 4.79 Å². The fourth-order valence-corrected chi connectivity index (χ4v) is 2.73. The van der Waals surface area contributed by atoms with Gasteiger partial charge >= 0.3 is 6.09 Å². The normalized spacial score (nSPS) is 11.7. The van der Waals surface area contributed by atoms with Crippen molar-refractivity contribution in [1.29, 1.82) is 0 Å². The molecule has 0 radical (unpaired) electrons. The highest BCUT2D eigenvalue weighted by Gasteiger charge is 2.20. The number of nitrogens with one attached hydrogen (secondary N) is 1. The van der Waals surface area contributed by atoms with Crippen LogP contribution in [0.5, 0.6) is 0 Å². The van der Waals surface area contributed by atoms with E-state index in [1.807, 2.05) is 12.1 Å². The average Bonchev–Trinajstić information content (AvgIpc) is 2.90. The first-order valence-corrected chi connectivity index (χ1v) is 7.09. The van der Waals surface area contributed by atoms with Crippen LogP contribution in [0.2, 0.25) is 0 Å². The van der Waals surface area contributed by atoms with Gasteiger partial charge in [0.1, 0.15) is 6.61 Å². The molecular weight excluding hydrogens is 264 g/mol. The molecule has 21 heavy (non-hydrogen) atoms. The molecule has 2 aromatic carbocycles. The van der Waals surface area contributed by atoms with E-state index >= 15 is 0 Å². The van der Waals surface area contributed by atoms with Crippen molar-refractivity contribution in [3.8, 4) is 11.1 Å². The Kier molecular flexibility index (Phi) is 3.88. The Bertz CT molecular complexity index is 668. The fourth-order valence-electron chi connectivity index (χ4n) is 2.73. The van der Waals surface area contributed by atoms with Gasteiger partial charge in [-0.3, -0.25) is 0 Å². The van der Waals surface area contributed by atoms with Crippen LogP contribution in [-0.2, 0) is 17.8 Å². The number of hydrogen-bond acceptors (Lipinski definition) is 3. The van der Waals surface area contributed by atoms with E-state index in [2.05, 4.69) is 35.6 Å². The number of nitrogens with two attached hydrogens (primary N) is 1. The number of benzene rings is 2. The summed E-state index contributed by atoms with van der Waals surface area (Å²) in [5.41, 5.74) is 11.5. The summed E-state index contributed by atoms with van der Waals surface area (Å²) in [5, 5.41) is 2.60. The average molecular weight is 282 g/mol. The standard InChI is InChI=1S/C17H18N2O2/c18-8-9-19-17(20)21-11-13-5-3-7-15-14-6-2-1-4-12(14)10-16(13)15/h1-7H,8-11,18H2,(H,19,20). The maximum atomic E-state index is 11.5. The summed E-state index contributed by atoms with van der Waals surface area (Å²) in [5.74, 6) is 0. The number of carbonyl (C=O) groups is 1. The summed E-state index contributed by atoms with van der Waals surface area (Å²) in [6.45, 7) is 1.12. The van der Waals surface area contributed by atoms with Gasteiger partial charge in [0.15, 0.2) is 0 Å². The Morgan fingerprint density at radius 2 is 1.95 bits per heavy atom. The first-order chi connectivity index (χ1) is 10.3. The minimum absolute atomic E-state index is 0.285. The van der Waals surface area contributed by atoms with Gasteiger partial charge in [-0.05, 0) is 34.2 Å². The Morgan fingerprint density at radius 1 is 1.14 bits per heavy atom. The molecule has 1 amide bonds. The minimum Gasteiger partial charge on any atom is -0.445 e. The number of hydrogen-bond donors (Lipinski definition) is 2. The highest BCUT2D eigenvalue weighted by Crippen LogP contribution is 2.38. The zero-order valence-electron chi connectivity index (χ0n) is 11.8. The molecule has 2 aromatic rings. The molecule has 108 valence electrons. The number of alkyl carbamates (subject to hydrolysis) is 1. The van der Waals surface area contributed by atoms with Crippen LogP contribution in [0, 0.1) is 0 Å². The van der Waals surface area contributed by atoms with Gasteiger partial charge in [0.25, 0.3) is 0 Å². The quantitative estimate of drug-likeness (QED) is 0.772. The number of amides is 1. The van der Waals surface area contributed by atoms with E-state index in [0.717, 1.165) is 12.0 Å². The topological polar surface area (TPSA) is 64.3 Å². The van der Waals surface area contributed by atoms with Crippen molar-refractivity contribution in [2.75, 3.05) is 13.1 Å². The van der Waals surface area contributed by atoms with Gasteiger partial charge in [0.05, 0.1) is 0 Å². The second-order valence-corrected chi connectivity index (χ2v) is 5.07. The van der Waals surface area contributed by atoms with Crippen molar-refractivity contribution in [3.63, 3.8) is 0 Å². The van der Waals surface area contributed by atoms with Gasteiger partial charge < -0.3 is 15.8 Å². The Balaban J connectivity index is 1.76. The monoisotopic (exact) mass is 282 g/mol. The Hall–Kier alpha value is -2.33. The second kappa shape index (κ2) is 5.97. The van der Waals surface area contributed by atoms with Crippen LogP contribution in [0.25, 0.3) is 11.1 Å². The number of rotatable bonds is 4. The lowest BCUT2D eigenvalue weighted by molar-refractivity contribution is 0.139. The summed E-state index contributed by atoms with van der Waals surface area (Å²) in [7, 11) is 0. The minimum atomic E-state index is -0.423. The van der Waals surface area contributed by atoms with Crippen LogP contribution in [0.4, 0.5) is 4.79 Å². The molecule has 0 heterocycles. The van der Waals surface area contributed by atoms with Crippen LogP contribution < -0.4 is 11.1 Å². The molecule has 4 heteroatoms. The lowest BCUT2D eigenvalue weighted by atomic mass is 10.0. The molecule has 1 aliphatic carbocycles. The van der Waals surface area contributed by atoms with E-state index in [-0.39, 0.29) is 6.61 Å². The van der Waals surface area contributed by atoms with Crippen LogP contribution >= 0.6 is 0 Å². The molecule has 3 rings (SSSR count). The molecule has 0 unspecified atom stereocenters. The lowest BCUT2D eigenvalue weighted by Gasteiger charge is -2.10. The summed E-state index contributed by atoms with van der Waals surface area (Å²) in [6, 6.07) is 14.5. The van der Waals surface area contributed by atoms with Crippen molar-refractivity contribution in [1.82, 2.24) is 5.32 Å². The van der Waals surface area contributed by atoms with Crippen molar-refractivity contribution in [2.24, 2.45) is 5.73 Å². The third-order valence-electron chi connectivity index (χ3n) is 3.72. The molecule has 0 saturated carbocycles. The van der Waals surface area contributed by atoms with Crippen molar-refractivity contribution >= 4 is 6.09 Å². The van der Waals surface area contributed by atoms with Crippen molar-refractivity contribution in [3.05, 3.63) is 59.2 Å². The van der Waals surface area contributed by atoms with Gasteiger partial charge in [0, 0.05) is 13.1 Å². The van der Waals surface area contributed by atoms with Crippen LogP contribution in [0.15, 0.2) is 42.5 Å². The van der Waals surface area contributed by atoms with Gasteiger partial charge in [-0.25, -0.2) is 4.79 Å². The van der Waals surface area contributed by atoms with Crippen LogP contribution in [0.1, 0.15) is 16.7 Å². The molecule has 1 aliphatic rings. The van der Waals surface area contributed by atoms with Crippen molar-refractivity contribution in [2.45, 2.75) is 13.0 Å². The number of carbonyl (C=O) groups excluding carboxylic acids is 1. The first kappa shape index (κ1) is 13.6. The maximum absolute atomic E-state index is 11.5. The van der Waals surface area contributed by atoms with Gasteiger partial charge in [0.2, 0.25) is 0 Å². The Labute approximate surface area is 123 Å². The van der Waals surface area contributed by atoms with E-state index < -0.39 is 6.09 Å². The predicted molar refractivity (Wildman–Crippen MR) is 81.9 cm³/mol. The molecule has 0 aliphatic heterocycles. The predicted octanol–water partition coefficient (Wildman–Crippen LogP) is 2.44. The molecule has 0 fully saturated rings. The van der Waals surface area contributed by atoms with E-state index in [1.165, 1.54) is 22.3 Å². The van der Waals surface area contributed by atoms with E-state index in [1.54, 1.807) is 0 Å². The highest BCUT2D eigenvalue weighted by atomic mass is 16.5. The second-order valence-electron chi connectivity index (χ2n) is 5.07. The number of ether oxygens (including phenoxy) is 1. The summed E-state index contributed by atoms with van der Waals surface area (Å²) < 4.78 is 5.25. The van der Waals surface area contributed by atoms with Crippen LogP contribution in [-0.4, -0.2) is 19.2 Å². The third kappa shape index (κ3) is 2.76. The van der Waals surface area contributed by atoms with Crippen molar-refractivity contribution < 1.29 is 9.53 Å². The molecule has 0 aromatic heterocycles. The summed E-state index contributed by atoms with van der Waals surface area (Å²) in [4.78, 5) is 11.5. The van der Waals surface area contributed by atoms with Gasteiger partial charge in [-0.2, -0.15) is 0 Å². The zero-order chi connectivity index (χ0) is 14.7. The lowest BCUT2D eigenvalue weighted by Crippen LogP contribution is -2.29. The molecular formula is C17H18N2O2. The van der Waals surface area contributed by atoms with E-state index in [0.29, 0.717) is 13.1 Å². The van der Waals surface area contributed by atoms with Crippen LogP contribution in [0.3, 0.4) is 0 Å². The molecule has 0 bridgehead atoms. The number of fused-ring (bicyclic) bond motifs is 3. The highest BCUT2D eigenvalue weighted by molar-refractivity contribution is 5.78. The molecule has 4 nitrogen and oxygen atoms in total. The van der Waals surface area contributed by atoms with E-state index in [4.69, 9.17) is 10.5 Å². The summed E-state index contributed by atoms with van der Waals surface area (Å²) >= 11 is 0. The molecule has 0 atom stereocenters. The van der Waals surface area contributed by atoms with Gasteiger partial charge in [-0.15, -0.1) is 0 Å². The largest absolute Gasteiger partial charge is 0.445 e. The smallest absolute Gasteiger partial charge is 0.407 e. The molecule has 0 saturated heterocycles. The fraction of sp³-hybridized carbons (Fsp3) is 0.235. The molecule has 0 spiro atoms. The molecule has 3 N–H and O–H groups in total.